The Morgan fingerprint density at radius 3 is 2.54 bits per heavy atom. The molecule has 0 spiro atoms. The monoisotopic (exact) mass is 528 g/mol. The van der Waals surface area contributed by atoms with Gasteiger partial charge in [0, 0.05) is 8.99 Å². The maximum atomic E-state index is 14.4. The summed E-state index contributed by atoms with van der Waals surface area (Å²) in [5, 5.41) is 11.9. The highest BCUT2D eigenvalue weighted by molar-refractivity contribution is 14.1. The lowest BCUT2D eigenvalue weighted by atomic mass is 9.97. The van der Waals surface area contributed by atoms with Crippen LogP contribution < -0.4 is 10.8 Å². The van der Waals surface area contributed by atoms with Gasteiger partial charge in [0.25, 0.3) is 5.91 Å². The number of amides is 1. The van der Waals surface area contributed by atoms with Crippen molar-refractivity contribution < 1.29 is 27.9 Å². The molecule has 10 heteroatoms. The van der Waals surface area contributed by atoms with Crippen molar-refractivity contribution in [2.24, 2.45) is 5.41 Å². The zero-order valence-electron chi connectivity index (χ0n) is 14.9. The van der Waals surface area contributed by atoms with Crippen LogP contribution in [0.5, 0.6) is 0 Å². The smallest absolute Gasteiger partial charge is 0.277 e. The van der Waals surface area contributed by atoms with Crippen LogP contribution in [-0.4, -0.2) is 24.2 Å². The molecular weight excluding hydrogens is 512 g/mol. The molecule has 0 radical (unpaired) electrons. The Morgan fingerprint density at radius 1 is 1.25 bits per heavy atom. The molecule has 0 heterocycles. The Hall–Kier alpha value is -1.56. The van der Waals surface area contributed by atoms with Gasteiger partial charge >= 0.3 is 0 Å². The summed E-state index contributed by atoms with van der Waals surface area (Å²) in [4.78, 5) is 17.4. The third kappa shape index (κ3) is 5.49. The van der Waals surface area contributed by atoms with Crippen LogP contribution in [0.1, 0.15) is 24.2 Å². The third-order valence-corrected chi connectivity index (χ3v) is 4.64. The molecule has 0 aliphatic carbocycles. The number of halogens is 5. The Bertz CT molecular complexity index is 897. The van der Waals surface area contributed by atoms with Gasteiger partial charge in [0.2, 0.25) is 0 Å². The van der Waals surface area contributed by atoms with E-state index in [1.54, 1.807) is 26.0 Å². The van der Waals surface area contributed by atoms with E-state index in [9.17, 15) is 23.1 Å². The molecule has 0 atom stereocenters. The predicted molar refractivity (Wildman–Crippen MR) is 108 cm³/mol. The number of carbonyl (C=O) groups is 1. The second kappa shape index (κ2) is 9.29. The van der Waals surface area contributed by atoms with Crippen molar-refractivity contribution in [1.29, 1.82) is 0 Å². The Balaban J connectivity index is 2.34. The standard InChI is InChI=1S/C18H17ClF3IN2O3/c1-18(2,7-26)8-28-25-17(27)10-6-12(20)14(21)15(22)16(10)24-13-4-3-9(23)5-11(13)19/h3-6,24,26H,7-8H2,1-2H3,(H,25,27). The van der Waals surface area contributed by atoms with Gasteiger partial charge in [-0.2, -0.15) is 0 Å². The van der Waals surface area contributed by atoms with Gasteiger partial charge in [-0.25, -0.2) is 18.7 Å². The van der Waals surface area contributed by atoms with E-state index in [0.29, 0.717) is 6.07 Å². The van der Waals surface area contributed by atoms with Gasteiger partial charge in [-0.3, -0.25) is 9.63 Å². The lowest BCUT2D eigenvalue weighted by Gasteiger charge is -2.21. The van der Waals surface area contributed by atoms with E-state index in [2.05, 4.69) is 5.32 Å². The van der Waals surface area contributed by atoms with Crippen molar-refractivity contribution in [3.8, 4) is 0 Å². The van der Waals surface area contributed by atoms with Crippen LogP contribution in [0, 0.1) is 26.4 Å². The largest absolute Gasteiger partial charge is 0.396 e. The number of rotatable bonds is 7. The molecule has 28 heavy (non-hydrogen) atoms. The molecule has 152 valence electrons. The van der Waals surface area contributed by atoms with Crippen molar-refractivity contribution in [3.05, 3.63) is 55.9 Å². The first-order chi connectivity index (χ1) is 13.1. The molecule has 0 aliphatic rings. The highest BCUT2D eigenvalue weighted by Gasteiger charge is 2.24. The van der Waals surface area contributed by atoms with Crippen LogP contribution in [-0.2, 0) is 4.84 Å². The zero-order valence-corrected chi connectivity index (χ0v) is 17.8. The minimum absolute atomic E-state index is 0.0624. The fourth-order valence-electron chi connectivity index (χ4n) is 2.02. The number of hydrogen-bond donors (Lipinski definition) is 3. The molecule has 3 N–H and O–H groups in total. The van der Waals surface area contributed by atoms with Crippen LogP contribution in [0.15, 0.2) is 24.3 Å². The highest BCUT2D eigenvalue weighted by atomic mass is 127. The molecule has 0 bridgehead atoms. The van der Waals surface area contributed by atoms with Crippen LogP contribution in [0.4, 0.5) is 24.5 Å². The van der Waals surface area contributed by atoms with Gasteiger partial charge in [0.1, 0.15) is 0 Å². The second-order valence-electron chi connectivity index (χ2n) is 6.70. The summed E-state index contributed by atoms with van der Waals surface area (Å²) in [5.41, 5.74) is 0.467. The summed E-state index contributed by atoms with van der Waals surface area (Å²) < 4.78 is 42.6. The Kier molecular flexibility index (Phi) is 7.54. The maximum absolute atomic E-state index is 14.4. The molecule has 0 saturated heterocycles. The molecule has 1 amide bonds. The Labute approximate surface area is 178 Å². The predicted octanol–water partition coefficient (Wildman–Crippen LogP) is 4.79. The number of anilines is 2. The maximum Gasteiger partial charge on any atom is 0.277 e. The number of hydrogen-bond acceptors (Lipinski definition) is 4. The van der Waals surface area contributed by atoms with E-state index < -0.39 is 40.0 Å². The fourth-order valence-corrected chi connectivity index (χ4v) is 2.92. The topological polar surface area (TPSA) is 70.6 Å². The number of benzene rings is 2. The average molecular weight is 529 g/mol. The highest BCUT2D eigenvalue weighted by Crippen LogP contribution is 2.32. The summed E-state index contributed by atoms with van der Waals surface area (Å²) in [6, 6.07) is 5.29. The van der Waals surface area contributed by atoms with E-state index in [-0.39, 0.29) is 23.9 Å². The lowest BCUT2D eigenvalue weighted by molar-refractivity contribution is -0.0197. The molecule has 0 fully saturated rings. The summed E-state index contributed by atoms with van der Waals surface area (Å²) in [6.45, 7) is 3.10. The van der Waals surface area contributed by atoms with E-state index >= 15 is 0 Å². The second-order valence-corrected chi connectivity index (χ2v) is 8.35. The van der Waals surface area contributed by atoms with Crippen molar-refractivity contribution in [1.82, 2.24) is 5.48 Å². The normalized spacial score (nSPS) is 11.4. The van der Waals surface area contributed by atoms with Gasteiger partial charge in [0.05, 0.1) is 35.2 Å². The minimum Gasteiger partial charge on any atom is -0.396 e. The van der Waals surface area contributed by atoms with Gasteiger partial charge in [0.15, 0.2) is 17.5 Å². The lowest BCUT2D eigenvalue weighted by Crippen LogP contribution is -2.32. The van der Waals surface area contributed by atoms with Crippen molar-refractivity contribution in [2.45, 2.75) is 13.8 Å². The van der Waals surface area contributed by atoms with E-state index in [4.69, 9.17) is 16.4 Å². The first kappa shape index (κ1) is 22.7. The molecule has 0 saturated carbocycles. The van der Waals surface area contributed by atoms with Gasteiger partial charge in [-0.1, -0.05) is 25.4 Å². The van der Waals surface area contributed by atoms with Crippen LogP contribution in [0.25, 0.3) is 0 Å². The van der Waals surface area contributed by atoms with E-state index in [1.165, 1.54) is 6.07 Å². The number of aliphatic hydroxyl groups is 1. The molecule has 2 aromatic rings. The molecule has 5 nitrogen and oxygen atoms in total. The first-order valence-corrected chi connectivity index (χ1v) is 9.44. The molecule has 0 aliphatic heterocycles. The Morgan fingerprint density at radius 2 is 1.93 bits per heavy atom. The fraction of sp³-hybridized carbons (Fsp3) is 0.278. The van der Waals surface area contributed by atoms with Crippen molar-refractivity contribution in [2.75, 3.05) is 18.5 Å². The molecule has 0 aromatic heterocycles. The molecule has 2 aromatic carbocycles. The summed E-state index contributed by atoms with van der Waals surface area (Å²) >= 11 is 8.10. The average Bonchev–Trinajstić information content (AvgIpc) is 2.63. The van der Waals surface area contributed by atoms with Crippen molar-refractivity contribution in [3.63, 3.8) is 0 Å². The number of hydroxylamine groups is 1. The van der Waals surface area contributed by atoms with Gasteiger partial charge in [-0.15, -0.1) is 0 Å². The van der Waals surface area contributed by atoms with Gasteiger partial charge in [-0.05, 0) is 46.9 Å². The summed E-state index contributed by atoms with van der Waals surface area (Å²) in [5.74, 6) is -5.84. The van der Waals surface area contributed by atoms with Crippen LogP contribution in [0.2, 0.25) is 5.02 Å². The third-order valence-electron chi connectivity index (χ3n) is 3.65. The number of aliphatic hydroxyl groups excluding tert-OH is 1. The van der Waals surface area contributed by atoms with Crippen molar-refractivity contribution >= 4 is 51.5 Å². The van der Waals surface area contributed by atoms with E-state index in [0.717, 1.165) is 3.57 Å². The number of carbonyl (C=O) groups excluding carboxylic acids is 1. The molecule has 2 rings (SSSR count). The van der Waals surface area contributed by atoms with Crippen LogP contribution in [0.3, 0.4) is 0 Å². The molecular formula is C18H17ClF3IN2O3. The van der Waals surface area contributed by atoms with Crippen LogP contribution >= 0.6 is 34.2 Å². The summed E-state index contributed by atoms with van der Waals surface area (Å²) in [7, 11) is 0. The SMILES string of the molecule is CC(C)(CO)CONC(=O)c1cc(F)c(F)c(F)c1Nc1ccc(I)cc1Cl. The van der Waals surface area contributed by atoms with E-state index in [1.807, 2.05) is 28.1 Å². The zero-order chi connectivity index (χ0) is 21.1. The molecule has 0 unspecified atom stereocenters. The number of nitrogens with one attached hydrogen (secondary N) is 2. The quantitative estimate of drug-likeness (QED) is 0.275. The summed E-state index contributed by atoms with van der Waals surface area (Å²) in [6.07, 6.45) is 0. The van der Waals surface area contributed by atoms with Gasteiger partial charge < -0.3 is 10.4 Å². The minimum atomic E-state index is -1.73. The first-order valence-electron chi connectivity index (χ1n) is 7.98.